The van der Waals surface area contributed by atoms with E-state index in [-0.39, 0.29) is 23.0 Å². The molecule has 0 fully saturated rings. The molecule has 2 aromatic carbocycles. The summed E-state index contributed by atoms with van der Waals surface area (Å²) in [6.45, 7) is 12.0. The van der Waals surface area contributed by atoms with Crippen molar-refractivity contribution in [1.82, 2.24) is 18.9 Å². The first kappa shape index (κ1) is 21.7. The Kier molecular flexibility index (Phi) is 5.55. The van der Waals surface area contributed by atoms with Crippen LogP contribution in [-0.4, -0.2) is 18.9 Å². The molecule has 2 heterocycles. The number of hydrogen-bond acceptors (Lipinski definition) is 2. The molecule has 4 rings (SSSR count). The monoisotopic (exact) mass is 430 g/mol. The van der Waals surface area contributed by atoms with Crippen LogP contribution in [0.3, 0.4) is 0 Å². The molecule has 0 aliphatic carbocycles. The third-order valence-corrected chi connectivity index (χ3v) is 5.94. The molecule has 0 saturated heterocycles. The lowest BCUT2D eigenvalue weighted by Gasteiger charge is -2.20. The van der Waals surface area contributed by atoms with Gasteiger partial charge in [-0.3, -0.25) is 9.59 Å². The summed E-state index contributed by atoms with van der Waals surface area (Å²) >= 11 is 0. The van der Waals surface area contributed by atoms with Crippen LogP contribution >= 0.6 is 0 Å². The molecule has 0 N–H and O–H groups in total. The minimum absolute atomic E-state index is 0.0380. The summed E-state index contributed by atoms with van der Waals surface area (Å²) in [5.41, 5.74) is 4.45. The molecule has 32 heavy (non-hydrogen) atoms. The quantitative estimate of drug-likeness (QED) is 0.458. The zero-order valence-corrected chi connectivity index (χ0v) is 19.5. The van der Waals surface area contributed by atoms with Crippen molar-refractivity contribution in [2.45, 2.75) is 53.4 Å². The Labute approximate surface area is 187 Å². The Morgan fingerprint density at radius 1 is 0.562 bits per heavy atom. The minimum atomic E-state index is -0.0741. The number of nitrogens with zero attached hydrogens (tertiary/aromatic N) is 4. The highest BCUT2D eigenvalue weighted by molar-refractivity contribution is 5.37. The van der Waals surface area contributed by atoms with Gasteiger partial charge >= 0.3 is 0 Å². The third-order valence-electron chi connectivity index (χ3n) is 5.94. The largest absolute Gasteiger partial charge is 0.276 e. The number of rotatable bonds is 5. The maximum atomic E-state index is 13.7. The molecular weight excluding hydrogens is 400 g/mol. The predicted octanol–water partition coefficient (Wildman–Crippen LogP) is 4.77. The maximum Gasteiger partial charge on any atom is 0.276 e. The summed E-state index contributed by atoms with van der Waals surface area (Å²) in [6.07, 6.45) is 0. The first-order valence-corrected chi connectivity index (χ1v) is 11.1. The summed E-state index contributed by atoms with van der Waals surface area (Å²) in [5, 5.41) is 0. The van der Waals surface area contributed by atoms with Gasteiger partial charge < -0.3 is 0 Å². The molecule has 0 amide bonds. The highest BCUT2D eigenvalue weighted by Gasteiger charge is 2.27. The molecule has 0 atom stereocenters. The summed E-state index contributed by atoms with van der Waals surface area (Å²) in [5.74, 6) is 0.0760. The molecule has 0 radical (unpaired) electrons. The van der Waals surface area contributed by atoms with Gasteiger partial charge in [0.15, 0.2) is 0 Å². The van der Waals surface area contributed by atoms with E-state index in [1.54, 1.807) is 9.36 Å². The van der Waals surface area contributed by atoms with E-state index >= 15 is 0 Å². The van der Waals surface area contributed by atoms with Gasteiger partial charge in [0, 0.05) is 11.1 Å². The van der Waals surface area contributed by atoms with Gasteiger partial charge in [-0.05, 0) is 49.9 Å². The number of hydrogen-bond donors (Lipinski definition) is 0. The van der Waals surface area contributed by atoms with Crippen molar-refractivity contribution < 1.29 is 0 Å². The van der Waals surface area contributed by atoms with E-state index in [2.05, 4.69) is 0 Å². The van der Waals surface area contributed by atoms with Crippen LogP contribution in [0.1, 0.15) is 62.0 Å². The van der Waals surface area contributed by atoms with E-state index in [0.717, 1.165) is 33.9 Å². The van der Waals surface area contributed by atoms with E-state index in [0.29, 0.717) is 0 Å². The molecule has 4 aromatic rings. The van der Waals surface area contributed by atoms with Gasteiger partial charge in [0.1, 0.15) is 0 Å². The standard InChI is InChI=1S/C26H30N4O2/c1-17(2)23-19(5)29(27(25(23)31)21-13-9-7-10-14-21)30-20(6)24(18(3)4)26(32)28(30)22-15-11-8-12-16-22/h7-18H,1-6H3. The minimum Gasteiger partial charge on any atom is -0.267 e. The summed E-state index contributed by atoms with van der Waals surface area (Å²) in [4.78, 5) is 31.0. The van der Waals surface area contributed by atoms with Crippen LogP contribution < -0.4 is 11.1 Å². The molecule has 0 spiro atoms. The third kappa shape index (κ3) is 3.27. The molecule has 6 heteroatoms. The molecule has 166 valence electrons. The van der Waals surface area contributed by atoms with Gasteiger partial charge in [-0.15, -0.1) is 0 Å². The van der Waals surface area contributed by atoms with Crippen molar-refractivity contribution >= 4 is 0 Å². The Hall–Kier alpha value is -3.54. The molecule has 0 aliphatic heterocycles. The van der Waals surface area contributed by atoms with Crippen LogP contribution in [0.25, 0.3) is 11.4 Å². The molecule has 0 bridgehead atoms. The van der Waals surface area contributed by atoms with Crippen LogP contribution in [0.4, 0.5) is 0 Å². The van der Waals surface area contributed by atoms with Crippen LogP contribution in [-0.2, 0) is 0 Å². The first-order valence-electron chi connectivity index (χ1n) is 11.1. The fourth-order valence-corrected chi connectivity index (χ4v) is 4.60. The average Bonchev–Trinajstić information content (AvgIpc) is 3.17. The van der Waals surface area contributed by atoms with Gasteiger partial charge in [0.2, 0.25) is 0 Å². The number of para-hydroxylation sites is 2. The smallest absolute Gasteiger partial charge is 0.267 e. The molecular formula is C26H30N4O2. The number of benzene rings is 2. The zero-order chi connectivity index (χ0) is 23.2. The Balaban J connectivity index is 2.21. The molecule has 0 aliphatic rings. The lowest BCUT2D eigenvalue weighted by Crippen LogP contribution is -2.33. The Morgan fingerprint density at radius 2 is 0.875 bits per heavy atom. The van der Waals surface area contributed by atoms with Gasteiger partial charge in [-0.25, -0.2) is 0 Å². The van der Waals surface area contributed by atoms with Crippen molar-refractivity contribution in [3.63, 3.8) is 0 Å². The Bertz CT molecular complexity index is 1260. The summed E-state index contributed by atoms with van der Waals surface area (Å²) in [6, 6.07) is 19.1. The van der Waals surface area contributed by atoms with Gasteiger partial charge in [-0.2, -0.15) is 18.9 Å². The van der Waals surface area contributed by atoms with Crippen LogP contribution in [0.2, 0.25) is 0 Å². The summed E-state index contributed by atoms with van der Waals surface area (Å²) in [7, 11) is 0. The zero-order valence-electron chi connectivity index (χ0n) is 19.5. The van der Waals surface area contributed by atoms with Crippen LogP contribution in [0, 0.1) is 13.8 Å². The number of aromatic nitrogens is 4. The Morgan fingerprint density at radius 3 is 1.16 bits per heavy atom. The highest BCUT2D eigenvalue weighted by atomic mass is 16.2. The molecule has 0 unspecified atom stereocenters. The van der Waals surface area contributed by atoms with E-state index in [9.17, 15) is 9.59 Å². The fraction of sp³-hybridized carbons (Fsp3) is 0.308. The van der Waals surface area contributed by atoms with E-state index in [4.69, 9.17) is 0 Å². The SMILES string of the molecule is Cc1c(C(C)C)c(=O)n(-c2ccccc2)n1-n1c(C)c(C(C)C)c(=O)n1-c1ccccc1. The summed E-state index contributed by atoms with van der Waals surface area (Å²) < 4.78 is 3.33. The van der Waals surface area contributed by atoms with E-state index < -0.39 is 0 Å². The van der Waals surface area contributed by atoms with Crippen LogP contribution in [0.15, 0.2) is 70.3 Å². The highest BCUT2D eigenvalue weighted by Crippen LogP contribution is 2.23. The predicted molar refractivity (Wildman–Crippen MR) is 129 cm³/mol. The second-order valence-electron chi connectivity index (χ2n) is 8.79. The lowest BCUT2D eigenvalue weighted by molar-refractivity contribution is 0.397. The second kappa shape index (κ2) is 8.19. The molecule has 0 saturated carbocycles. The van der Waals surface area contributed by atoms with Crippen molar-refractivity contribution in [1.29, 1.82) is 0 Å². The van der Waals surface area contributed by atoms with E-state index in [1.165, 1.54) is 0 Å². The molecule has 6 nitrogen and oxygen atoms in total. The van der Waals surface area contributed by atoms with Crippen molar-refractivity contribution in [3.8, 4) is 11.4 Å². The van der Waals surface area contributed by atoms with Crippen LogP contribution in [0.5, 0.6) is 0 Å². The fourth-order valence-electron chi connectivity index (χ4n) is 4.60. The van der Waals surface area contributed by atoms with Gasteiger partial charge in [0.25, 0.3) is 11.1 Å². The maximum absolute atomic E-state index is 13.7. The first-order chi connectivity index (χ1) is 15.3. The lowest BCUT2D eigenvalue weighted by atomic mass is 10.0. The second-order valence-corrected chi connectivity index (χ2v) is 8.79. The van der Waals surface area contributed by atoms with Crippen molar-refractivity contribution in [3.05, 3.63) is 104 Å². The molecule has 2 aromatic heterocycles. The van der Waals surface area contributed by atoms with Crippen molar-refractivity contribution in [2.24, 2.45) is 0 Å². The average molecular weight is 431 g/mol. The van der Waals surface area contributed by atoms with Gasteiger partial charge in [-0.1, -0.05) is 64.1 Å². The van der Waals surface area contributed by atoms with Crippen molar-refractivity contribution in [2.75, 3.05) is 0 Å². The normalized spacial score (nSPS) is 11.6. The topological polar surface area (TPSA) is 53.9 Å². The van der Waals surface area contributed by atoms with E-state index in [1.807, 2.05) is 112 Å². The van der Waals surface area contributed by atoms with Gasteiger partial charge in [0.05, 0.1) is 22.8 Å².